The van der Waals surface area contributed by atoms with E-state index < -0.39 is 7.12 Å². The monoisotopic (exact) mass is 181 g/mol. The fourth-order valence-corrected chi connectivity index (χ4v) is 1.32. The van der Waals surface area contributed by atoms with Gasteiger partial charge in [-0.3, -0.25) is 0 Å². The molecule has 0 spiro atoms. The Morgan fingerprint density at radius 2 is 2.17 bits per heavy atom. The molecule has 0 radical (unpaired) electrons. The fourth-order valence-electron chi connectivity index (χ4n) is 0.843. The molecule has 2 aromatic heterocycles. The van der Waals surface area contributed by atoms with Gasteiger partial charge >= 0.3 is 7.12 Å². The van der Waals surface area contributed by atoms with Crippen molar-refractivity contribution in [3.63, 3.8) is 0 Å². The van der Waals surface area contributed by atoms with Gasteiger partial charge in [-0.05, 0) is 6.07 Å². The van der Waals surface area contributed by atoms with Crippen molar-refractivity contribution in [2.24, 2.45) is 0 Å². The summed E-state index contributed by atoms with van der Waals surface area (Å²) in [6.45, 7) is 0. The number of rotatable bonds is 1. The summed E-state index contributed by atoms with van der Waals surface area (Å²) in [5.41, 5.74) is 1.45. The second-order valence-corrected chi connectivity index (χ2v) is 2.78. The van der Waals surface area contributed by atoms with Gasteiger partial charge in [0, 0.05) is 11.7 Å². The summed E-state index contributed by atoms with van der Waals surface area (Å²) in [5.74, 6) is 0. The molecular weight excluding hydrogens is 177 g/mol. The lowest BCUT2D eigenvalue weighted by Gasteiger charge is -1.95. The summed E-state index contributed by atoms with van der Waals surface area (Å²) < 4.78 is 7.78. The van der Waals surface area contributed by atoms with Crippen LogP contribution in [0.4, 0.5) is 0 Å². The Bertz CT molecular complexity index is 404. The maximum atomic E-state index is 8.79. The van der Waals surface area contributed by atoms with Crippen LogP contribution >= 0.6 is 11.7 Å². The lowest BCUT2D eigenvalue weighted by atomic mass is 9.82. The van der Waals surface area contributed by atoms with Gasteiger partial charge in [0.15, 0.2) is 5.65 Å². The standard InChI is InChI=1S/C5H4BN3O2S/c10-6(11)3-1-4-5(7-2-3)9-12-8-4/h1-2,10-11H. The summed E-state index contributed by atoms with van der Waals surface area (Å²) in [4.78, 5) is 3.88. The van der Waals surface area contributed by atoms with E-state index in [1.807, 2.05) is 0 Å². The van der Waals surface area contributed by atoms with Crippen molar-refractivity contribution < 1.29 is 10.0 Å². The maximum Gasteiger partial charge on any atom is 0.490 e. The van der Waals surface area contributed by atoms with Gasteiger partial charge in [-0.25, -0.2) is 4.98 Å². The summed E-state index contributed by atoms with van der Waals surface area (Å²) in [6.07, 6.45) is 1.37. The Balaban J connectivity index is 2.60. The molecule has 0 aromatic carbocycles. The third kappa shape index (κ3) is 1.18. The van der Waals surface area contributed by atoms with Gasteiger partial charge in [-0.1, -0.05) is 0 Å². The number of fused-ring (bicyclic) bond motifs is 1. The topological polar surface area (TPSA) is 79.1 Å². The first-order chi connectivity index (χ1) is 5.77. The molecule has 0 amide bonds. The van der Waals surface area contributed by atoms with Crippen LogP contribution in [-0.2, 0) is 0 Å². The van der Waals surface area contributed by atoms with E-state index in [0.29, 0.717) is 16.6 Å². The van der Waals surface area contributed by atoms with Gasteiger partial charge in [-0.2, -0.15) is 8.75 Å². The maximum absolute atomic E-state index is 8.79. The van der Waals surface area contributed by atoms with Gasteiger partial charge < -0.3 is 10.0 Å². The van der Waals surface area contributed by atoms with Crippen molar-refractivity contribution in [3.8, 4) is 0 Å². The molecule has 0 aliphatic carbocycles. The quantitative estimate of drug-likeness (QED) is 0.538. The third-order valence-electron chi connectivity index (χ3n) is 1.43. The minimum Gasteiger partial charge on any atom is -0.423 e. The summed E-state index contributed by atoms with van der Waals surface area (Å²) in [7, 11) is -1.50. The molecule has 7 heteroatoms. The molecule has 2 N–H and O–H groups in total. The Hall–Kier alpha value is -1.05. The fraction of sp³-hybridized carbons (Fsp3) is 0. The van der Waals surface area contributed by atoms with E-state index in [4.69, 9.17) is 10.0 Å². The first-order valence-corrected chi connectivity index (χ1v) is 3.95. The molecule has 0 saturated carbocycles. The van der Waals surface area contributed by atoms with Crippen molar-refractivity contribution in [2.75, 3.05) is 0 Å². The molecule has 0 atom stereocenters. The highest BCUT2D eigenvalue weighted by Crippen LogP contribution is 2.04. The first kappa shape index (κ1) is 7.60. The van der Waals surface area contributed by atoms with Crippen LogP contribution in [0.15, 0.2) is 12.3 Å². The van der Waals surface area contributed by atoms with Gasteiger partial charge in [0.25, 0.3) is 0 Å². The molecular formula is C5H4BN3O2S. The number of hydrogen-bond donors (Lipinski definition) is 2. The number of aromatic nitrogens is 3. The molecule has 0 fully saturated rings. The highest BCUT2D eigenvalue weighted by Gasteiger charge is 2.12. The SMILES string of the molecule is OB(O)c1cnc2nsnc2c1. The third-order valence-corrected chi connectivity index (χ3v) is 1.97. The van der Waals surface area contributed by atoms with Gasteiger partial charge in [0.05, 0.1) is 11.7 Å². The summed E-state index contributed by atoms with van der Waals surface area (Å²) >= 11 is 1.05. The normalized spacial score (nSPS) is 10.5. The Kier molecular flexibility index (Phi) is 1.76. The molecule has 5 nitrogen and oxygen atoms in total. The predicted molar refractivity (Wildman–Crippen MR) is 45.0 cm³/mol. The van der Waals surface area contributed by atoms with Crippen LogP contribution in [0.25, 0.3) is 11.2 Å². The molecule has 0 saturated heterocycles. The molecule has 0 bridgehead atoms. The van der Waals surface area contributed by atoms with Crippen molar-refractivity contribution in [1.29, 1.82) is 0 Å². The zero-order valence-electron chi connectivity index (χ0n) is 5.88. The molecule has 60 valence electrons. The molecule has 12 heavy (non-hydrogen) atoms. The zero-order valence-corrected chi connectivity index (χ0v) is 6.69. The van der Waals surface area contributed by atoms with E-state index in [-0.39, 0.29) is 0 Å². The van der Waals surface area contributed by atoms with Gasteiger partial charge in [0.1, 0.15) is 5.52 Å². The van der Waals surface area contributed by atoms with Crippen LogP contribution in [0.3, 0.4) is 0 Å². The van der Waals surface area contributed by atoms with E-state index in [1.54, 1.807) is 6.07 Å². The zero-order chi connectivity index (χ0) is 8.55. The highest BCUT2D eigenvalue weighted by molar-refractivity contribution is 7.00. The van der Waals surface area contributed by atoms with E-state index >= 15 is 0 Å². The van der Waals surface area contributed by atoms with Gasteiger partial charge in [0.2, 0.25) is 0 Å². The Morgan fingerprint density at radius 3 is 2.92 bits per heavy atom. The van der Waals surface area contributed by atoms with Crippen LogP contribution in [0.5, 0.6) is 0 Å². The van der Waals surface area contributed by atoms with E-state index in [2.05, 4.69) is 13.7 Å². The van der Waals surface area contributed by atoms with Crippen LogP contribution in [0.2, 0.25) is 0 Å². The van der Waals surface area contributed by atoms with E-state index in [1.165, 1.54) is 6.20 Å². The number of hydrogen-bond acceptors (Lipinski definition) is 6. The minimum absolute atomic E-state index is 0.329. The molecule has 0 aliphatic rings. The average Bonchev–Trinajstić information content (AvgIpc) is 2.49. The van der Waals surface area contributed by atoms with Crippen LogP contribution in [-0.4, -0.2) is 30.9 Å². The van der Waals surface area contributed by atoms with Crippen LogP contribution < -0.4 is 5.46 Å². The van der Waals surface area contributed by atoms with Crippen molar-refractivity contribution in [1.82, 2.24) is 13.7 Å². The lowest BCUT2D eigenvalue weighted by Crippen LogP contribution is -2.29. The van der Waals surface area contributed by atoms with E-state index in [9.17, 15) is 0 Å². The van der Waals surface area contributed by atoms with Crippen molar-refractivity contribution in [3.05, 3.63) is 12.3 Å². The number of nitrogens with zero attached hydrogens (tertiary/aromatic N) is 3. The van der Waals surface area contributed by atoms with Gasteiger partial charge in [-0.15, -0.1) is 0 Å². The minimum atomic E-state index is -1.50. The molecule has 2 heterocycles. The summed E-state index contributed by atoms with van der Waals surface area (Å²) in [5, 5.41) is 17.6. The van der Waals surface area contributed by atoms with Crippen LogP contribution in [0, 0.1) is 0 Å². The second kappa shape index (κ2) is 2.78. The predicted octanol–water partition coefficient (Wildman–Crippen LogP) is -1.23. The average molecular weight is 181 g/mol. The van der Waals surface area contributed by atoms with Crippen molar-refractivity contribution in [2.45, 2.75) is 0 Å². The first-order valence-electron chi connectivity index (χ1n) is 3.22. The Morgan fingerprint density at radius 1 is 1.33 bits per heavy atom. The van der Waals surface area contributed by atoms with E-state index in [0.717, 1.165) is 11.7 Å². The molecule has 0 aliphatic heterocycles. The molecule has 2 rings (SSSR count). The van der Waals surface area contributed by atoms with Crippen LogP contribution in [0.1, 0.15) is 0 Å². The van der Waals surface area contributed by atoms with Crippen molar-refractivity contribution >= 4 is 35.5 Å². The smallest absolute Gasteiger partial charge is 0.423 e. The Labute approximate surface area is 72.2 Å². The lowest BCUT2D eigenvalue weighted by molar-refractivity contribution is 0.425. The second-order valence-electron chi connectivity index (χ2n) is 2.25. The molecule has 0 unspecified atom stereocenters. The largest absolute Gasteiger partial charge is 0.490 e. The summed E-state index contributed by atoms with van der Waals surface area (Å²) in [6, 6.07) is 1.55. The number of pyridine rings is 1. The molecule has 2 aromatic rings. The highest BCUT2D eigenvalue weighted by atomic mass is 32.1.